The predicted octanol–water partition coefficient (Wildman–Crippen LogP) is 6.40. The first-order valence-electron chi connectivity index (χ1n) is 10.5. The highest BCUT2D eigenvalue weighted by atomic mass is 16.5. The summed E-state index contributed by atoms with van der Waals surface area (Å²) in [4.78, 5) is 11.2. The third-order valence-corrected chi connectivity index (χ3v) is 4.77. The van der Waals surface area contributed by atoms with Crippen molar-refractivity contribution in [3.05, 3.63) is 108 Å². The topological polar surface area (TPSA) is 38.3 Å². The van der Waals surface area contributed by atoms with Gasteiger partial charge in [0, 0.05) is 28.6 Å². The van der Waals surface area contributed by atoms with E-state index in [0.717, 1.165) is 40.6 Å². The van der Waals surface area contributed by atoms with E-state index in [0.29, 0.717) is 0 Å². The molecule has 0 spiro atoms. The van der Waals surface area contributed by atoms with Crippen LogP contribution in [0.2, 0.25) is 0 Å². The smallest absolute Gasteiger partial charge is 0.330 e. The molecule has 3 rings (SSSR count). The Bertz CT molecular complexity index is 1070. The molecule has 0 atom stereocenters. The van der Waals surface area contributed by atoms with Crippen LogP contribution in [0.25, 0.3) is 0 Å². The number of anilines is 2. The van der Waals surface area contributed by atoms with Crippen molar-refractivity contribution < 1.29 is 9.53 Å². The van der Waals surface area contributed by atoms with E-state index in [9.17, 15) is 4.79 Å². The Labute approximate surface area is 184 Å². The van der Waals surface area contributed by atoms with Crippen LogP contribution in [0.5, 0.6) is 0 Å². The molecule has 0 saturated carbocycles. The van der Waals surface area contributed by atoms with Gasteiger partial charge in [0.05, 0.1) is 0 Å². The van der Waals surface area contributed by atoms with E-state index in [1.165, 1.54) is 18.4 Å². The number of hydrogen-bond donors (Lipinski definition) is 1. The highest BCUT2D eigenvalue weighted by molar-refractivity contribution is 5.81. The maximum atomic E-state index is 11.2. The molecule has 0 aromatic heterocycles. The lowest BCUT2D eigenvalue weighted by atomic mass is 10.1. The van der Waals surface area contributed by atoms with Crippen LogP contribution in [0.15, 0.2) is 85.5 Å². The van der Waals surface area contributed by atoms with Gasteiger partial charge in [-0.3, -0.25) is 0 Å². The molecule has 156 valence electrons. The van der Waals surface area contributed by atoms with Crippen molar-refractivity contribution in [2.24, 2.45) is 0 Å². The Morgan fingerprint density at radius 2 is 1.61 bits per heavy atom. The van der Waals surface area contributed by atoms with Crippen LogP contribution < -0.4 is 5.32 Å². The Balaban J connectivity index is 1.59. The molecule has 0 saturated heterocycles. The maximum Gasteiger partial charge on any atom is 0.330 e. The molecule has 0 aliphatic rings. The van der Waals surface area contributed by atoms with Crippen LogP contribution in [0, 0.1) is 11.8 Å². The number of ether oxygens (including phenoxy) is 1. The van der Waals surface area contributed by atoms with Gasteiger partial charge in [-0.15, -0.1) is 0 Å². The fourth-order valence-electron chi connectivity index (χ4n) is 3.04. The number of carbonyl (C=O) groups excluding carboxylic acids is 1. The van der Waals surface area contributed by atoms with Gasteiger partial charge in [0.2, 0.25) is 0 Å². The molecule has 0 aliphatic carbocycles. The summed E-state index contributed by atoms with van der Waals surface area (Å²) in [6, 6.07) is 24.3. The van der Waals surface area contributed by atoms with Crippen LogP contribution in [-0.4, -0.2) is 5.97 Å². The van der Waals surface area contributed by atoms with E-state index in [1.807, 2.05) is 48.5 Å². The summed E-state index contributed by atoms with van der Waals surface area (Å²) >= 11 is 0. The van der Waals surface area contributed by atoms with Crippen LogP contribution >= 0.6 is 0 Å². The van der Waals surface area contributed by atoms with Crippen LogP contribution in [0.1, 0.15) is 42.0 Å². The summed E-state index contributed by atoms with van der Waals surface area (Å²) in [6.45, 7) is 5.83. The van der Waals surface area contributed by atoms with E-state index in [1.54, 1.807) is 0 Å². The van der Waals surface area contributed by atoms with E-state index in [2.05, 4.69) is 54.9 Å². The zero-order chi connectivity index (χ0) is 21.9. The Morgan fingerprint density at radius 3 is 2.26 bits per heavy atom. The van der Waals surface area contributed by atoms with Gasteiger partial charge in [0.25, 0.3) is 0 Å². The molecule has 31 heavy (non-hydrogen) atoms. The number of hydrogen-bond acceptors (Lipinski definition) is 3. The molecule has 3 heteroatoms. The summed E-state index contributed by atoms with van der Waals surface area (Å²) < 4.78 is 5.09. The largest absolute Gasteiger partial charge is 0.458 e. The predicted molar refractivity (Wildman–Crippen MR) is 127 cm³/mol. The molecule has 0 unspecified atom stereocenters. The minimum atomic E-state index is -0.428. The van der Waals surface area contributed by atoms with Crippen molar-refractivity contribution in [3.63, 3.8) is 0 Å². The molecule has 3 aromatic rings. The first kappa shape index (κ1) is 21.9. The fraction of sp³-hybridized carbons (Fsp3) is 0.179. The lowest BCUT2D eigenvalue weighted by Crippen LogP contribution is -2.00. The van der Waals surface area contributed by atoms with E-state index >= 15 is 0 Å². The van der Waals surface area contributed by atoms with Gasteiger partial charge in [-0.1, -0.05) is 56.0 Å². The summed E-state index contributed by atoms with van der Waals surface area (Å²) in [5.41, 5.74) is 6.15. The van der Waals surface area contributed by atoms with Crippen molar-refractivity contribution in [2.45, 2.75) is 32.8 Å². The molecule has 0 heterocycles. The van der Waals surface area contributed by atoms with Crippen molar-refractivity contribution >= 4 is 17.3 Å². The second-order valence-electron chi connectivity index (χ2n) is 7.27. The molecule has 0 radical (unpaired) electrons. The molecule has 0 aliphatic heterocycles. The van der Waals surface area contributed by atoms with E-state index in [-0.39, 0.29) is 6.61 Å². The van der Waals surface area contributed by atoms with Gasteiger partial charge in [-0.25, -0.2) is 4.79 Å². The van der Waals surface area contributed by atoms with Crippen molar-refractivity contribution in [1.29, 1.82) is 0 Å². The number of esters is 1. The summed E-state index contributed by atoms with van der Waals surface area (Å²) in [7, 11) is 0. The number of benzene rings is 3. The molecule has 1 N–H and O–H groups in total. The lowest BCUT2D eigenvalue weighted by Gasteiger charge is -2.09. The number of nitrogens with one attached hydrogen (secondary N) is 1. The number of carbonyl (C=O) groups is 1. The minimum Gasteiger partial charge on any atom is -0.458 e. The van der Waals surface area contributed by atoms with Crippen molar-refractivity contribution in [3.8, 4) is 11.8 Å². The number of aryl methyl sites for hydroxylation is 1. The highest BCUT2D eigenvalue weighted by Gasteiger charge is 2.01. The molecular formula is C28H27NO2. The normalized spacial score (nSPS) is 9.97. The lowest BCUT2D eigenvalue weighted by molar-refractivity contribution is -0.138. The van der Waals surface area contributed by atoms with Crippen LogP contribution in [0.3, 0.4) is 0 Å². The quantitative estimate of drug-likeness (QED) is 0.266. The Morgan fingerprint density at radius 1 is 0.935 bits per heavy atom. The van der Waals surface area contributed by atoms with Gasteiger partial charge < -0.3 is 10.1 Å². The Hall–Kier alpha value is -3.77. The standard InChI is InChI=1S/C28H27NO2/c1-3-5-7-22-10-12-23(13-11-22)14-15-24-16-18-26(19-17-24)29-27-9-6-8-25(20-27)21-31-28(30)4-2/h4,6,8-13,16-20,29H,2-3,5,7,21H2,1H3. The molecule has 0 fully saturated rings. The third-order valence-electron chi connectivity index (χ3n) is 4.77. The average molecular weight is 410 g/mol. The second kappa shape index (κ2) is 11.4. The molecule has 0 bridgehead atoms. The first-order valence-corrected chi connectivity index (χ1v) is 10.5. The van der Waals surface area contributed by atoms with E-state index in [4.69, 9.17) is 4.74 Å². The van der Waals surface area contributed by atoms with Gasteiger partial charge >= 0.3 is 5.97 Å². The zero-order valence-corrected chi connectivity index (χ0v) is 17.9. The fourth-order valence-corrected chi connectivity index (χ4v) is 3.04. The van der Waals surface area contributed by atoms with Gasteiger partial charge in [0.1, 0.15) is 6.61 Å². The molecule has 0 amide bonds. The summed E-state index contributed by atoms with van der Waals surface area (Å²) in [5, 5.41) is 3.36. The monoisotopic (exact) mass is 409 g/mol. The zero-order valence-electron chi connectivity index (χ0n) is 17.9. The summed E-state index contributed by atoms with van der Waals surface area (Å²) in [5.74, 6) is 6.02. The van der Waals surface area contributed by atoms with Gasteiger partial charge in [0.15, 0.2) is 0 Å². The van der Waals surface area contributed by atoms with Gasteiger partial charge in [-0.05, 0) is 72.5 Å². The Kier molecular flexibility index (Phi) is 8.08. The highest BCUT2D eigenvalue weighted by Crippen LogP contribution is 2.19. The third kappa shape index (κ3) is 7.21. The van der Waals surface area contributed by atoms with Crippen LogP contribution in [-0.2, 0) is 22.6 Å². The SMILES string of the molecule is C=CC(=O)OCc1cccc(Nc2ccc(C#Cc3ccc(CCCC)cc3)cc2)c1. The second-order valence-corrected chi connectivity index (χ2v) is 7.27. The molecule has 3 aromatic carbocycles. The van der Waals surface area contributed by atoms with Crippen molar-refractivity contribution in [1.82, 2.24) is 0 Å². The number of rotatable bonds is 8. The van der Waals surface area contributed by atoms with Crippen molar-refractivity contribution in [2.75, 3.05) is 5.32 Å². The van der Waals surface area contributed by atoms with Crippen LogP contribution in [0.4, 0.5) is 11.4 Å². The average Bonchev–Trinajstić information content (AvgIpc) is 2.81. The first-order chi connectivity index (χ1) is 15.2. The number of unbranched alkanes of at least 4 members (excludes halogenated alkanes) is 1. The molecule has 3 nitrogen and oxygen atoms in total. The maximum absolute atomic E-state index is 11.2. The molecular weight excluding hydrogens is 382 g/mol. The minimum absolute atomic E-state index is 0.217. The van der Waals surface area contributed by atoms with E-state index < -0.39 is 5.97 Å². The van der Waals surface area contributed by atoms with Gasteiger partial charge in [-0.2, -0.15) is 0 Å². The summed E-state index contributed by atoms with van der Waals surface area (Å²) in [6.07, 6.45) is 4.72.